The van der Waals surface area contributed by atoms with Gasteiger partial charge in [0.1, 0.15) is 0 Å². The Hall–Kier alpha value is -1.38. The van der Waals surface area contributed by atoms with E-state index in [9.17, 15) is 0 Å². The van der Waals surface area contributed by atoms with Gasteiger partial charge < -0.3 is 4.74 Å². The summed E-state index contributed by atoms with van der Waals surface area (Å²) in [7, 11) is 0. The first-order valence-corrected chi connectivity index (χ1v) is 6.01. The fourth-order valence-electron chi connectivity index (χ4n) is 2.07. The Morgan fingerprint density at radius 1 is 1.00 bits per heavy atom. The average Bonchev–Trinajstić information content (AvgIpc) is 2.86. The Balaban J connectivity index is 1.94. The molecule has 2 heterocycles. The number of ether oxygens (including phenoxy) is 1. The number of aromatic nitrogens is 1. The number of nitrogens with zero attached hydrogens (tertiary/aromatic N) is 1. The normalized spacial score (nSPS) is 15.6. The molecule has 0 radical (unpaired) electrons. The number of rotatable bonds is 2. The zero-order valence-corrected chi connectivity index (χ0v) is 10.0. The standard InChI is InChI=1S/C14H12ClNO/c15-14(10-3-5-16-6-4-10)11-1-2-12-8-17-9-13(12)7-11/h1-7,14H,8-9H2. The van der Waals surface area contributed by atoms with Crippen molar-refractivity contribution in [2.24, 2.45) is 0 Å². The van der Waals surface area contributed by atoms with Crippen molar-refractivity contribution < 1.29 is 4.74 Å². The number of fused-ring (bicyclic) bond motifs is 1. The van der Waals surface area contributed by atoms with E-state index >= 15 is 0 Å². The second kappa shape index (κ2) is 4.47. The molecule has 0 amide bonds. The Labute approximate surface area is 105 Å². The molecular weight excluding hydrogens is 234 g/mol. The van der Waals surface area contributed by atoms with Crippen LogP contribution in [0, 0.1) is 0 Å². The Morgan fingerprint density at radius 3 is 2.59 bits per heavy atom. The van der Waals surface area contributed by atoms with Crippen LogP contribution in [0.5, 0.6) is 0 Å². The molecule has 1 atom stereocenters. The molecule has 1 aromatic heterocycles. The van der Waals surface area contributed by atoms with Crippen LogP contribution in [-0.2, 0) is 18.0 Å². The molecule has 1 aliphatic rings. The summed E-state index contributed by atoms with van der Waals surface area (Å²) in [6, 6.07) is 10.2. The Bertz CT molecular complexity index is 527. The molecule has 2 nitrogen and oxygen atoms in total. The highest BCUT2D eigenvalue weighted by Crippen LogP contribution is 2.31. The molecule has 0 fully saturated rings. The molecule has 3 rings (SSSR count). The van der Waals surface area contributed by atoms with Crippen molar-refractivity contribution in [1.29, 1.82) is 0 Å². The Kier molecular flexibility index (Phi) is 2.83. The van der Waals surface area contributed by atoms with Gasteiger partial charge in [0, 0.05) is 12.4 Å². The van der Waals surface area contributed by atoms with Crippen LogP contribution in [0.4, 0.5) is 0 Å². The van der Waals surface area contributed by atoms with Crippen molar-refractivity contribution in [3.8, 4) is 0 Å². The SMILES string of the molecule is ClC(c1ccncc1)c1ccc2c(c1)COC2. The van der Waals surface area contributed by atoms with E-state index in [2.05, 4.69) is 23.2 Å². The summed E-state index contributed by atoms with van der Waals surface area (Å²) in [5, 5.41) is -0.121. The van der Waals surface area contributed by atoms with Crippen LogP contribution in [0.15, 0.2) is 42.7 Å². The van der Waals surface area contributed by atoms with Gasteiger partial charge in [0.2, 0.25) is 0 Å². The van der Waals surface area contributed by atoms with E-state index in [0.29, 0.717) is 6.61 Å². The fraction of sp³-hybridized carbons (Fsp3) is 0.214. The van der Waals surface area contributed by atoms with Crippen molar-refractivity contribution in [3.63, 3.8) is 0 Å². The molecule has 0 aliphatic carbocycles. The van der Waals surface area contributed by atoms with Crippen molar-refractivity contribution in [1.82, 2.24) is 4.98 Å². The third-order valence-corrected chi connectivity index (χ3v) is 3.54. The molecule has 86 valence electrons. The van der Waals surface area contributed by atoms with E-state index in [1.54, 1.807) is 12.4 Å². The molecule has 1 aromatic carbocycles. The lowest BCUT2D eigenvalue weighted by Gasteiger charge is -2.11. The van der Waals surface area contributed by atoms with Crippen LogP contribution in [-0.4, -0.2) is 4.98 Å². The maximum absolute atomic E-state index is 6.46. The van der Waals surface area contributed by atoms with Crippen LogP contribution >= 0.6 is 11.6 Å². The first-order chi connectivity index (χ1) is 8.34. The quantitative estimate of drug-likeness (QED) is 0.757. The molecule has 2 aromatic rings. The van der Waals surface area contributed by atoms with Crippen LogP contribution in [0.3, 0.4) is 0 Å². The second-order valence-corrected chi connectivity index (χ2v) is 4.60. The van der Waals surface area contributed by atoms with E-state index in [4.69, 9.17) is 16.3 Å². The minimum Gasteiger partial charge on any atom is -0.372 e. The lowest BCUT2D eigenvalue weighted by molar-refractivity contribution is 0.134. The molecule has 17 heavy (non-hydrogen) atoms. The van der Waals surface area contributed by atoms with Crippen LogP contribution < -0.4 is 0 Å². The van der Waals surface area contributed by atoms with Gasteiger partial charge in [-0.1, -0.05) is 18.2 Å². The lowest BCUT2D eigenvalue weighted by Crippen LogP contribution is -1.95. The largest absolute Gasteiger partial charge is 0.372 e. The van der Waals surface area contributed by atoms with Gasteiger partial charge in [0.25, 0.3) is 0 Å². The van der Waals surface area contributed by atoms with Gasteiger partial charge in [-0.25, -0.2) is 0 Å². The van der Waals surface area contributed by atoms with Gasteiger partial charge in [-0.05, 0) is 34.4 Å². The smallest absolute Gasteiger partial charge is 0.0836 e. The van der Waals surface area contributed by atoms with Crippen LogP contribution in [0.2, 0.25) is 0 Å². The van der Waals surface area contributed by atoms with Crippen molar-refractivity contribution in [3.05, 3.63) is 65.0 Å². The van der Waals surface area contributed by atoms with Gasteiger partial charge in [0.05, 0.1) is 18.6 Å². The monoisotopic (exact) mass is 245 g/mol. The molecule has 1 unspecified atom stereocenters. The Morgan fingerprint density at radius 2 is 1.76 bits per heavy atom. The minimum atomic E-state index is -0.121. The summed E-state index contributed by atoms with van der Waals surface area (Å²) in [5.41, 5.74) is 4.71. The summed E-state index contributed by atoms with van der Waals surface area (Å²) < 4.78 is 5.40. The summed E-state index contributed by atoms with van der Waals surface area (Å²) in [4.78, 5) is 4.00. The predicted molar refractivity (Wildman–Crippen MR) is 66.9 cm³/mol. The summed E-state index contributed by atoms with van der Waals surface area (Å²) in [6.07, 6.45) is 3.53. The third kappa shape index (κ3) is 2.06. The first-order valence-electron chi connectivity index (χ1n) is 5.58. The van der Waals surface area contributed by atoms with E-state index in [-0.39, 0.29) is 5.38 Å². The summed E-state index contributed by atoms with van der Waals surface area (Å²) in [5.74, 6) is 0. The molecule has 0 N–H and O–H groups in total. The number of halogens is 1. The highest BCUT2D eigenvalue weighted by molar-refractivity contribution is 6.22. The molecule has 0 spiro atoms. The second-order valence-electron chi connectivity index (χ2n) is 4.16. The molecule has 3 heteroatoms. The number of hydrogen-bond acceptors (Lipinski definition) is 2. The molecule has 0 saturated heterocycles. The number of pyridine rings is 1. The topological polar surface area (TPSA) is 22.1 Å². The van der Waals surface area contributed by atoms with Crippen LogP contribution in [0.1, 0.15) is 27.6 Å². The molecule has 0 saturated carbocycles. The zero-order valence-electron chi connectivity index (χ0n) is 9.27. The van der Waals surface area contributed by atoms with E-state index in [0.717, 1.165) is 17.7 Å². The van der Waals surface area contributed by atoms with Crippen molar-refractivity contribution >= 4 is 11.6 Å². The molecule has 0 bridgehead atoms. The first kappa shape index (κ1) is 10.8. The fourth-order valence-corrected chi connectivity index (χ4v) is 2.36. The van der Waals surface area contributed by atoms with Gasteiger partial charge >= 0.3 is 0 Å². The average molecular weight is 246 g/mol. The number of hydrogen-bond donors (Lipinski definition) is 0. The summed E-state index contributed by atoms with van der Waals surface area (Å²) >= 11 is 6.46. The number of alkyl halides is 1. The van der Waals surface area contributed by atoms with Gasteiger partial charge in [-0.2, -0.15) is 0 Å². The highest BCUT2D eigenvalue weighted by atomic mass is 35.5. The summed E-state index contributed by atoms with van der Waals surface area (Å²) in [6.45, 7) is 1.42. The maximum Gasteiger partial charge on any atom is 0.0836 e. The van der Waals surface area contributed by atoms with E-state index in [1.807, 2.05) is 12.1 Å². The van der Waals surface area contributed by atoms with Gasteiger partial charge in [0.15, 0.2) is 0 Å². The minimum absolute atomic E-state index is 0.121. The zero-order chi connectivity index (χ0) is 11.7. The van der Waals surface area contributed by atoms with Crippen molar-refractivity contribution in [2.75, 3.05) is 0 Å². The number of benzene rings is 1. The van der Waals surface area contributed by atoms with Gasteiger partial charge in [-0.15, -0.1) is 11.6 Å². The van der Waals surface area contributed by atoms with Gasteiger partial charge in [-0.3, -0.25) is 4.98 Å². The van der Waals surface area contributed by atoms with E-state index < -0.39 is 0 Å². The van der Waals surface area contributed by atoms with Crippen LogP contribution in [0.25, 0.3) is 0 Å². The highest BCUT2D eigenvalue weighted by Gasteiger charge is 2.15. The lowest BCUT2D eigenvalue weighted by atomic mass is 10.0. The van der Waals surface area contributed by atoms with E-state index in [1.165, 1.54) is 11.1 Å². The molecular formula is C14H12ClNO. The third-order valence-electron chi connectivity index (χ3n) is 3.04. The predicted octanol–water partition coefficient (Wildman–Crippen LogP) is 3.44. The van der Waals surface area contributed by atoms with Crippen molar-refractivity contribution in [2.45, 2.75) is 18.6 Å². The maximum atomic E-state index is 6.46. The molecule has 1 aliphatic heterocycles.